The van der Waals surface area contributed by atoms with Gasteiger partial charge < -0.3 is 30.6 Å². The fourth-order valence-electron chi connectivity index (χ4n) is 3.04. The van der Waals surface area contributed by atoms with E-state index >= 15 is 0 Å². The third kappa shape index (κ3) is 37.7. The Morgan fingerprint density at radius 3 is 1.31 bits per heavy atom. The normalized spacial score (nSPS) is 10.7. The van der Waals surface area contributed by atoms with Crippen LogP contribution in [-0.4, -0.2) is 29.1 Å². The number of carboxylic acids is 3. The molecule has 0 radical (unpaired) electrons. The molecule has 0 saturated heterocycles. The minimum absolute atomic E-state index is 0. The van der Waals surface area contributed by atoms with Crippen LogP contribution in [0.5, 0.6) is 0 Å². The van der Waals surface area contributed by atoms with Gasteiger partial charge >= 0.3 is 65.1 Å². The van der Waals surface area contributed by atoms with Gasteiger partial charge in [-0.2, -0.15) is 0 Å². The van der Waals surface area contributed by atoms with Gasteiger partial charge in [-0.05, 0) is 19.3 Å². The van der Waals surface area contributed by atoms with Crippen molar-refractivity contribution >= 4 is 17.9 Å². The molecular weight excluding hydrogens is 432 g/mol. The van der Waals surface area contributed by atoms with Gasteiger partial charge in [-0.3, -0.25) is 4.79 Å². The van der Waals surface area contributed by atoms with Gasteiger partial charge in [0.05, 0.1) is 5.97 Å². The number of carbonyl (C=O) groups excluding carboxylic acids is 2. The Kier molecular flexibility index (Phi) is 38.8. The van der Waals surface area contributed by atoms with Crippen LogP contribution in [0.4, 0.5) is 0 Å². The van der Waals surface area contributed by atoms with Gasteiger partial charge in [-0.1, -0.05) is 96.8 Å². The van der Waals surface area contributed by atoms with E-state index in [0.29, 0.717) is 6.42 Å². The monoisotopic (exact) mass is 475 g/mol. The predicted molar refractivity (Wildman–Crippen MR) is 114 cm³/mol. The smallest absolute Gasteiger partial charge is 0.550 e. The molecule has 0 saturated carbocycles. The number of unbranched alkanes of at least 4 members (excludes halogenated alkanes) is 14. The van der Waals surface area contributed by atoms with Crippen LogP contribution in [0.1, 0.15) is 122 Å². The van der Waals surface area contributed by atoms with Crippen molar-refractivity contribution in [2.75, 3.05) is 0 Å². The molecule has 0 fully saturated rings. The molecule has 0 heterocycles. The second-order valence-electron chi connectivity index (χ2n) is 7.93. The van der Waals surface area contributed by atoms with Crippen LogP contribution >= 0.6 is 0 Å². The summed E-state index contributed by atoms with van der Waals surface area (Å²) in [6.07, 6.45) is 19.7. The van der Waals surface area contributed by atoms with E-state index in [-0.39, 0.29) is 72.0 Å². The van der Waals surface area contributed by atoms with E-state index < -0.39 is 23.9 Å². The number of hydrogen-bond donors (Lipinski definition) is 2. The first-order valence-electron chi connectivity index (χ1n) is 11.7. The molecule has 178 valence electrons. The molecule has 0 aliphatic rings. The van der Waals surface area contributed by atoms with Crippen LogP contribution in [-0.2, 0) is 14.4 Å². The molecule has 0 aromatic heterocycles. The van der Waals surface area contributed by atoms with Crippen LogP contribution in [0.25, 0.3) is 0 Å². The van der Waals surface area contributed by atoms with Crippen molar-refractivity contribution in [2.45, 2.75) is 129 Å². The Morgan fingerprint density at radius 2 is 1.03 bits per heavy atom. The molecule has 0 aliphatic heterocycles. The number of rotatable bonds is 20. The molecular formula is C23H43NNa2O6. The molecule has 1 unspecified atom stereocenters. The van der Waals surface area contributed by atoms with E-state index in [1.165, 1.54) is 83.5 Å². The van der Waals surface area contributed by atoms with Gasteiger partial charge in [0, 0.05) is 18.4 Å². The average molecular weight is 476 g/mol. The van der Waals surface area contributed by atoms with E-state index in [4.69, 9.17) is 10.8 Å². The predicted octanol–water partition coefficient (Wildman–Crippen LogP) is -3.07. The van der Waals surface area contributed by atoms with E-state index in [9.17, 15) is 24.6 Å². The standard InChI is InChI=1S/C18H36O2.C5H9NO4.2Na/c1-2-3-4-5-6-7-8-9-10-11-12-13-14-15-16-17-18(19)20;6-3(5(9)10)1-2-4(7)8;;/h2-17H2,1H3,(H,19,20);3H,1-2,6H2,(H,7,8)(H,9,10);;/q;;2*+1/p-2. The molecule has 0 aromatic rings. The Balaban J connectivity index is -0.000000279. The Hall–Kier alpha value is 0.370. The van der Waals surface area contributed by atoms with Gasteiger partial charge in [0.15, 0.2) is 0 Å². The van der Waals surface area contributed by atoms with Gasteiger partial charge in [-0.15, -0.1) is 0 Å². The van der Waals surface area contributed by atoms with Gasteiger partial charge in [0.2, 0.25) is 0 Å². The molecule has 3 N–H and O–H groups in total. The number of nitrogens with two attached hydrogens (primary N) is 1. The van der Waals surface area contributed by atoms with E-state index in [1.807, 2.05) is 0 Å². The van der Waals surface area contributed by atoms with Crippen LogP contribution in [0, 0.1) is 0 Å². The largest absolute Gasteiger partial charge is 1.00 e. The molecule has 0 rings (SSSR count). The number of carboxylic acid groups (broad SMARTS) is 3. The van der Waals surface area contributed by atoms with Crippen molar-refractivity contribution in [2.24, 2.45) is 5.73 Å². The Bertz CT molecular complexity index is 439. The summed E-state index contributed by atoms with van der Waals surface area (Å²) in [6.45, 7) is 2.27. The summed E-state index contributed by atoms with van der Waals surface area (Å²) in [6, 6.07) is -1.21. The van der Waals surface area contributed by atoms with Crippen molar-refractivity contribution in [1.29, 1.82) is 0 Å². The van der Waals surface area contributed by atoms with Crippen molar-refractivity contribution in [3.8, 4) is 0 Å². The first-order chi connectivity index (χ1) is 14.3. The third-order valence-corrected chi connectivity index (χ3v) is 4.96. The van der Waals surface area contributed by atoms with Gasteiger partial charge in [0.25, 0.3) is 0 Å². The average Bonchev–Trinajstić information content (AvgIpc) is 2.69. The molecule has 32 heavy (non-hydrogen) atoms. The minimum atomic E-state index is -1.44. The molecule has 9 heteroatoms. The maximum Gasteiger partial charge on any atom is 1.00 e. The molecule has 0 spiro atoms. The molecule has 0 bridgehead atoms. The zero-order valence-electron chi connectivity index (χ0n) is 20.9. The first-order valence-corrected chi connectivity index (χ1v) is 11.7. The van der Waals surface area contributed by atoms with E-state index in [1.54, 1.807) is 0 Å². The number of hydrogen-bond acceptors (Lipinski definition) is 6. The third-order valence-electron chi connectivity index (χ3n) is 4.96. The SMILES string of the molecule is CCCCCCCCCCCCCCCCCC(=O)O.NC(CCC(=O)[O-])C(=O)[O-].[Na+].[Na+]. The summed E-state index contributed by atoms with van der Waals surface area (Å²) in [7, 11) is 0. The molecule has 1 atom stereocenters. The summed E-state index contributed by atoms with van der Waals surface area (Å²) < 4.78 is 0. The van der Waals surface area contributed by atoms with Gasteiger partial charge in [-0.25, -0.2) is 0 Å². The van der Waals surface area contributed by atoms with Crippen LogP contribution in [0.2, 0.25) is 0 Å². The fraction of sp³-hybridized carbons (Fsp3) is 0.870. The Morgan fingerprint density at radius 1 is 0.688 bits per heavy atom. The van der Waals surface area contributed by atoms with Crippen LogP contribution < -0.4 is 75.1 Å². The summed E-state index contributed by atoms with van der Waals surface area (Å²) in [4.78, 5) is 29.9. The molecule has 0 aliphatic carbocycles. The maximum atomic E-state index is 10.3. The zero-order valence-corrected chi connectivity index (χ0v) is 24.9. The second kappa shape index (κ2) is 31.4. The maximum absolute atomic E-state index is 10.3. The second-order valence-corrected chi connectivity index (χ2v) is 7.93. The summed E-state index contributed by atoms with van der Waals surface area (Å²) >= 11 is 0. The quantitative estimate of drug-likeness (QED) is 0.140. The van der Waals surface area contributed by atoms with Crippen molar-refractivity contribution in [3.05, 3.63) is 0 Å². The van der Waals surface area contributed by atoms with E-state index in [2.05, 4.69) is 6.92 Å². The summed E-state index contributed by atoms with van der Waals surface area (Å²) in [5.74, 6) is -3.40. The van der Waals surface area contributed by atoms with Crippen molar-refractivity contribution < 1.29 is 88.8 Å². The molecule has 0 amide bonds. The fourth-order valence-corrected chi connectivity index (χ4v) is 3.04. The van der Waals surface area contributed by atoms with E-state index in [0.717, 1.165) is 12.8 Å². The van der Waals surface area contributed by atoms with Crippen molar-refractivity contribution in [1.82, 2.24) is 0 Å². The minimum Gasteiger partial charge on any atom is -0.550 e. The molecule has 0 aromatic carbocycles. The first kappa shape index (κ1) is 39.6. The topological polar surface area (TPSA) is 144 Å². The summed E-state index contributed by atoms with van der Waals surface area (Å²) in [5.41, 5.74) is 4.91. The number of aliphatic carboxylic acids is 3. The molecule has 7 nitrogen and oxygen atoms in total. The van der Waals surface area contributed by atoms with Gasteiger partial charge in [0.1, 0.15) is 0 Å². The van der Waals surface area contributed by atoms with Crippen LogP contribution in [0.3, 0.4) is 0 Å². The summed E-state index contributed by atoms with van der Waals surface area (Å²) in [5, 5.41) is 28.1. The number of carbonyl (C=O) groups is 3. The van der Waals surface area contributed by atoms with Crippen molar-refractivity contribution in [3.63, 3.8) is 0 Å². The zero-order chi connectivity index (χ0) is 23.0. The van der Waals surface area contributed by atoms with Crippen LogP contribution in [0.15, 0.2) is 0 Å². The Labute approximate surface area is 239 Å².